The standard InChI is InChI=1S/C30H42I2N2O7/c1-5-6-7-8-9-10-11-12-13-14-15-38-28-27-26(40-30(3,4)41-27)25(39-28)19(2)33-29(37)34-24-21(31)16-20(17-22(24)32)18-23(35)36/h11-14,16-17,19,25-28H,5-10,15,18H2,1-4H3,(H,35,36)(H2,33,34,37)/b12-11+,14-13+/t19-,25+,26-,27-,28-/m0/s1. The number of urea groups is 1. The Bertz CT molecular complexity index is 1070. The van der Waals surface area contributed by atoms with Crippen molar-refractivity contribution in [1.82, 2.24) is 5.32 Å². The Morgan fingerprint density at radius 2 is 1.73 bits per heavy atom. The lowest BCUT2D eigenvalue weighted by molar-refractivity contribution is -0.232. The van der Waals surface area contributed by atoms with Gasteiger partial charge >= 0.3 is 12.0 Å². The van der Waals surface area contributed by atoms with Crippen molar-refractivity contribution in [2.24, 2.45) is 0 Å². The van der Waals surface area contributed by atoms with Gasteiger partial charge in [-0.1, -0.05) is 56.9 Å². The molecule has 41 heavy (non-hydrogen) atoms. The van der Waals surface area contributed by atoms with E-state index < -0.39 is 48.4 Å². The van der Waals surface area contributed by atoms with Gasteiger partial charge in [0, 0.05) is 7.14 Å². The van der Waals surface area contributed by atoms with Gasteiger partial charge < -0.3 is 34.7 Å². The van der Waals surface area contributed by atoms with E-state index in [1.54, 1.807) is 12.1 Å². The molecule has 5 atom stereocenters. The molecule has 0 unspecified atom stereocenters. The van der Waals surface area contributed by atoms with Crippen molar-refractivity contribution >= 4 is 62.9 Å². The third kappa shape index (κ3) is 10.8. The highest BCUT2D eigenvalue weighted by molar-refractivity contribution is 14.1. The van der Waals surface area contributed by atoms with Gasteiger partial charge in [0.05, 0.1) is 24.8 Å². The Balaban J connectivity index is 1.52. The molecule has 2 amide bonds. The van der Waals surface area contributed by atoms with Gasteiger partial charge in [0.1, 0.15) is 18.3 Å². The van der Waals surface area contributed by atoms with Crippen LogP contribution in [0.2, 0.25) is 0 Å². The van der Waals surface area contributed by atoms with Gasteiger partial charge in [-0.25, -0.2) is 4.79 Å². The summed E-state index contributed by atoms with van der Waals surface area (Å²) < 4.78 is 26.0. The number of anilines is 1. The van der Waals surface area contributed by atoms with Crippen LogP contribution in [0.4, 0.5) is 10.5 Å². The largest absolute Gasteiger partial charge is 0.481 e. The number of carboxylic acids is 1. The summed E-state index contributed by atoms with van der Waals surface area (Å²) in [4.78, 5) is 24.0. The number of rotatable bonds is 15. The highest BCUT2D eigenvalue weighted by Gasteiger charge is 2.57. The number of hydrogen-bond donors (Lipinski definition) is 3. The summed E-state index contributed by atoms with van der Waals surface area (Å²) in [6.45, 7) is 8.16. The second-order valence-electron chi connectivity index (χ2n) is 10.8. The molecule has 1 aromatic carbocycles. The zero-order valence-electron chi connectivity index (χ0n) is 24.2. The number of carboxylic acid groups (broad SMARTS) is 1. The van der Waals surface area contributed by atoms with Crippen LogP contribution in [0.25, 0.3) is 0 Å². The van der Waals surface area contributed by atoms with Crippen LogP contribution in [0.5, 0.6) is 0 Å². The minimum absolute atomic E-state index is 0.0789. The third-order valence-electron chi connectivity index (χ3n) is 6.81. The molecule has 0 radical (unpaired) electrons. The summed E-state index contributed by atoms with van der Waals surface area (Å²) in [5, 5.41) is 14.9. The van der Waals surface area contributed by atoms with E-state index >= 15 is 0 Å². The monoisotopic (exact) mass is 796 g/mol. The maximum Gasteiger partial charge on any atom is 0.319 e. The van der Waals surface area contributed by atoms with E-state index in [0.717, 1.165) is 13.6 Å². The highest BCUT2D eigenvalue weighted by Crippen LogP contribution is 2.40. The summed E-state index contributed by atoms with van der Waals surface area (Å²) in [5.74, 6) is -1.70. The fourth-order valence-corrected chi connectivity index (χ4v) is 7.08. The van der Waals surface area contributed by atoms with E-state index in [2.05, 4.69) is 74.9 Å². The van der Waals surface area contributed by atoms with E-state index in [-0.39, 0.29) is 6.42 Å². The lowest BCUT2D eigenvalue weighted by atomic mass is 10.1. The molecule has 228 valence electrons. The molecule has 9 nitrogen and oxygen atoms in total. The first-order valence-electron chi connectivity index (χ1n) is 14.2. The zero-order valence-corrected chi connectivity index (χ0v) is 28.5. The van der Waals surface area contributed by atoms with Crippen molar-refractivity contribution < 1.29 is 33.6 Å². The maximum atomic E-state index is 12.9. The molecule has 2 aliphatic rings. The van der Waals surface area contributed by atoms with Gasteiger partial charge in [-0.3, -0.25) is 4.79 Å². The minimum Gasteiger partial charge on any atom is -0.481 e. The molecule has 0 spiro atoms. The van der Waals surface area contributed by atoms with Crippen LogP contribution >= 0.6 is 45.2 Å². The molecule has 0 aliphatic carbocycles. The Labute approximate surface area is 270 Å². The minimum atomic E-state index is -0.904. The molecular weight excluding hydrogens is 754 g/mol. The third-order valence-corrected chi connectivity index (χ3v) is 8.51. The Hall–Kier alpha value is -1.26. The first-order chi connectivity index (χ1) is 19.5. The number of hydrogen-bond acceptors (Lipinski definition) is 6. The summed E-state index contributed by atoms with van der Waals surface area (Å²) in [6, 6.07) is 2.70. The quantitative estimate of drug-likeness (QED) is 0.102. The maximum absolute atomic E-state index is 12.9. The Morgan fingerprint density at radius 3 is 2.41 bits per heavy atom. The van der Waals surface area contributed by atoms with E-state index in [1.165, 1.54) is 32.1 Å². The Morgan fingerprint density at radius 1 is 1.07 bits per heavy atom. The number of ether oxygens (including phenoxy) is 4. The fourth-order valence-electron chi connectivity index (χ4n) is 4.91. The topological polar surface area (TPSA) is 115 Å². The number of fused-ring (bicyclic) bond motifs is 1. The summed E-state index contributed by atoms with van der Waals surface area (Å²) in [6.07, 6.45) is 13.6. The molecule has 3 N–H and O–H groups in total. The van der Waals surface area contributed by atoms with E-state index in [0.29, 0.717) is 17.9 Å². The van der Waals surface area contributed by atoms with Gasteiger partial charge in [-0.2, -0.15) is 0 Å². The van der Waals surface area contributed by atoms with E-state index in [4.69, 9.17) is 24.1 Å². The number of amides is 2. The highest BCUT2D eigenvalue weighted by atomic mass is 127. The second kappa shape index (κ2) is 16.6. The number of carbonyl (C=O) groups is 2. The molecular formula is C30H42I2N2O7. The van der Waals surface area contributed by atoms with Crippen molar-refractivity contribution in [2.75, 3.05) is 11.9 Å². The molecule has 3 rings (SSSR count). The van der Waals surface area contributed by atoms with Gasteiger partial charge in [0.2, 0.25) is 0 Å². The predicted octanol–water partition coefficient (Wildman–Crippen LogP) is 6.77. The van der Waals surface area contributed by atoms with Crippen LogP contribution in [-0.4, -0.2) is 60.1 Å². The molecule has 2 aliphatic heterocycles. The summed E-state index contributed by atoms with van der Waals surface area (Å²) >= 11 is 4.19. The van der Waals surface area contributed by atoms with Crippen LogP contribution in [-0.2, 0) is 30.2 Å². The SMILES string of the molecule is CCCCCCC/C=C/C=C/CO[C@H]1O[C@H]([C@H](C)NC(=O)Nc2c(I)cc(CC(=O)O)cc2I)[C@@H]2OC(C)(C)O[C@H]12. The fraction of sp³-hybridized carbons (Fsp3) is 0.600. The smallest absolute Gasteiger partial charge is 0.319 e. The lowest BCUT2D eigenvalue weighted by Gasteiger charge is -2.27. The van der Waals surface area contributed by atoms with Crippen molar-refractivity contribution in [3.63, 3.8) is 0 Å². The molecule has 0 bridgehead atoms. The molecule has 11 heteroatoms. The summed E-state index contributed by atoms with van der Waals surface area (Å²) in [5.41, 5.74) is 1.29. The number of halogens is 2. The van der Waals surface area contributed by atoms with Gasteiger partial charge in [0.15, 0.2) is 12.1 Å². The molecule has 1 aromatic rings. The number of benzene rings is 1. The number of nitrogens with one attached hydrogen (secondary N) is 2. The molecule has 2 heterocycles. The predicted molar refractivity (Wildman–Crippen MR) is 175 cm³/mol. The van der Waals surface area contributed by atoms with Crippen LogP contribution in [0.15, 0.2) is 36.4 Å². The Kier molecular flexibility index (Phi) is 13.8. The number of allylic oxidation sites excluding steroid dienone is 3. The van der Waals surface area contributed by atoms with Crippen molar-refractivity contribution in [2.45, 2.75) is 109 Å². The van der Waals surface area contributed by atoms with E-state index in [9.17, 15) is 9.59 Å². The van der Waals surface area contributed by atoms with Crippen molar-refractivity contribution in [3.8, 4) is 0 Å². The van der Waals surface area contributed by atoms with Crippen LogP contribution < -0.4 is 10.6 Å². The van der Waals surface area contributed by atoms with Crippen molar-refractivity contribution in [3.05, 3.63) is 49.1 Å². The first kappa shape index (κ1) is 34.2. The van der Waals surface area contributed by atoms with Gasteiger partial charge in [0.25, 0.3) is 0 Å². The van der Waals surface area contributed by atoms with Crippen molar-refractivity contribution in [1.29, 1.82) is 0 Å². The average Bonchev–Trinajstić information content (AvgIpc) is 3.37. The van der Waals surface area contributed by atoms with Gasteiger partial charge in [-0.15, -0.1) is 0 Å². The van der Waals surface area contributed by atoms with E-state index in [1.807, 2.05) is 32.9 Å². The second-order valence-corrected chi connectivity index (χ2v) is 13.1. The number of aliphatic carboxylic acids is 1. The average molecular weight is 796 g/mol. The first-order valence-corrected chi connectivity index (χ1v) is 16.4. The van der Waals surface area contributed by atoms with Crippen LogP contribution in [0.3, 0.4) is 0 Å². The number of carbonyl (C=O) groups excluding carboxylic acids is 1. The molecule has 0 aromatic heterocycles. The van der Waals surface area contributed by atoms with Crippen LogP contribution in [0.1, 0.15) is 71.8 Å². The van der Waals surface area contributed by atoms with Gasteiger partial charge in [-0.05, 0) is 96.5 Å². The zero-order chi connectivity index (χ0) is 30.0. The normalized spacial score (nSPS) is 24.1. The molecule has 0 saturated carbocycles. The molecule has 2 fully saturated rings. The number of unbranched alkanes of at least 4 members (excludes halogenated alkanes) is 5. The van der Waals surface area contributed by atoms with Crippen LogP contribution in [0, 0.1) is 7.14 Å². The molecule has 2 saturated heterocycles. The lowest BCUT2D eigenvalue weighted by Crippen LogP contribution is -2.48. The summed E-state index contributed by atoms with van der Waals surface area (Å²) in [7, 11) is 0.